The first-order valence-corrected chi connectivity index (χ1v) is 22.8. The summed E-state index contributed by atoms with van der Waals surface area (Å²) in [5, 5.41) is 4.75. The number of rotatable bonds is 7. The van der Waals surface area contributed by atoms with Crippen molar-refractivity contribution in [3.05, 3.63) is 242 Å². The first kappa shape index (κ1) is 38.1. The molecule has 12 aromatic rings. The van der Waals surface area contributed by atoms with E-state index in [4.69, 9.17) is 4.42 Å². The second kappa shape index (κ2) is 14.8. The lowest BCUT2D eigenvalue weighted by Crippen LogP contribution is -2.16. The Morgan fingerprint density at radius 2 is 0.818 bits per heavy atom. The minimum absolute atomic E-state index is 0.135. The minimum atomic E-state index is -0.135. The minimum Gasteiger partial charge on any atom is -0.455 e. The summed E-state index contributed by atoms with van der Waals surface area (Å²) >= 11 is 0. The zero-order chi connectivity index (χ0) is 43.9. The van der Waals surface area contributed by atoms with Gasteiger partial charge in [-0.2, -0.15) is 0 Å². The van der Waals surface area contributed by atoms with Crippen molar-refractivity contribution in [1.29, 1.82) is 0 Å². The largest absolute Gasteiger partial charge is 0.455 e. The SMILES string of the molecule is CC1(C)c2ccccc2-c2c(N(c3ccc(-c4ccccc4-n4c5ccccc5c5ccccc54)cc3)c3ccc(-c4cccc5c4oc4c(-c6ccccc6)cccc45)cc3)cccc21. The summed E-state index contributed by atoms with van der Waals surface area (Å²) in [7, 11) is 0. The lowest BCUT2D eigenvalue weighted by molar-refractivity contribution is 0.660. The third kappa shape index (κ3) is 5.76. The molecule has 0 atom stereocenters. The molecule has 0 aliphatic heterocycles. The zero-order valence-electron chi connectivity index (χ0n) is 36.7. The predicted molar refractivity (Wildman–Crippen MR) is 277 cm³/mol. The Morgan fingerprint density at radius 3 is 1.45 bits per heavy atom. The lowest BCUT2D eigenvalue weighted by atomic mass is 9.82. The first-order valence-electron chi connectivity index (χ1n) is 22.8. The van der Waals surface area contributed by atoms with Crippen molar-refractivity contribution >= 4 is 60.8 Å². The van der Waals surface area contributed by atoms with E-state index in [1.54, 1.807) is 0 Å². The maximum absolute atomic E-state index is 6.85. The normalized spacial score (nSPS) is 12.8. The average Bonchev–Trinajstić information content (AvgIpc) is 4.01. The first-order chi connectivity index (χ1) is 32.5. The molecule has 2 heterocycles. The fraction of sp³-hybridized carbons (Fsp3) is 0.0476. The van der Waals surface area contributed by atoms with E-state index in [1.807, 2.05) is 0 Å². The molecule has 3 nitrogen and oxygen atoms in total. The lowest BCUT2D eigenvalue weighted by Gasteiger charge is -2.29. The van der Waals surface area contributed by atoms with Crippen LogP contribution in [0.1, 0.15) is 25.0 Å². The van der Waals surface area contributed by atoms with Gasteiger partial charge in [0.15, 0.2) is 0 Å². The van der Waals surface area contributed by atoms with Gasteiger partial charge in [-0.15, -0.1) is 0 Å². The van der Waals surface area contributed by atoms with E-state index in [1.165, 1.54) is 49.6 Å². The molecule has 1 aliphatic carbocycles. The Balaban J connectivity index is 0.950. The number of hydrogen-bond acceptors (Lipinski definition) is 2. The van der Waals surface area contributed by atoms with Crippen LogP contribution in [0, 0.1) is 0 Å². The highest BCUT2D eigenvalue weighted by Gasteiger charge is 2.37. The maximum atomic E-state index is 6.85. The van der Waals surface area contributed by atoms with Crippen LogP contribution in [-0.4, -0.2) is 4.57 Å². The van der Waals surface area contributed by atoms with Crippen LogP contribution in [0.15, 0.2) is 235 Å². The van der Waals surface area contributed by atoms with Gasteiger partial charge in [-0.1, -0.05) is 196 Å². The van der Waals surface area contributed by atoms with E-state index in [0.717, 1.165) is 72.5 Å². The Kier molecular flexibility index (Phi) is 8.56. The molecular weight excluding hydrogens is 801 g/mol. The summed E-state index contributed by atoms with van der Waals surface area (Å²) < 4.78 is 9.27. The molecule has 0 radical (unpaired) electrons. The molecule has 0 bridgehead atoms. The fourth-order valence-corrected chi connectivity index (χ4v) is 10.9. The molecule has 0 unspecified atom stereocenters. The number of nitrogens with zero attached hydrogens (tertiary/aromatic N) is 2. The van der Waals surface area contributed by atoms with E-state index < -0.39 is 0 Å². The van der Waals surface area contributed by atoms with E-state index in [0.29, 0.717) is 0 Å². The van der Waals surface area contributed by atoms with Gasteiger partial charge in [-0.25, -0.2) is 0 Å². The summed E-state index contributed by atoms with van der Waals surface area (Å²) in [5.41, 5.74) is 20.6. The van der Waals surface area contributed by atoms with Crippen molar-refractivity contribution in [3.8, 4) is 50.2 Å². The molecule has 0 saturated heterocycles. The highest BCUT2D eigenvalue weighted by molar-refractivity contribution is 6.13. The average molecular weight is 845 g/mol. The highest BCUT2D eigenvalue weighted by atomic mass is 16.3. The summed E-state index contributed by atoms with van der Waals surface area (Å²) in [6, 6.07) is 83.7. The third-order valence-corrected chi connectivity index (χ3v) is 14.0. The van der Waals surface area contributed by atoms with Crippen molar-refractivity contribution < 1.29 is 4.42 Å². The molecule has 0 amide bonds. The van der Waals surface area contributed by atoms with Crippen LogP contribution >= 0.6 is 0 Å². The number of aromatic nitrogens is 1. The molecule has 13 rings (SSSR count). The number of para-hydroxylation sites is 5. The number of fused-ring (bicyclic) bond motifs is 9. The topological polar surface area (TPSA) is 21.3 Å². The van der Waals surface area contributed by atoms with Gasteiger partial charge in [0.05, 0.1) is 22.4 Å². The summed E-state index contributed by atoms with van der Waals surface area (Å²) in [5.74, 6) is 0. The van der Waals surface area contributed by atoms with Crippen molar-refractivity contribution in [2.45, 2.75) is 19.3 Å². The monoisotopic (exact) mass is 844 g/mol. The Morgan fingerprint density at radius 1 is 0.364 bits per heavy atom. The van der Waals surface area contributed by atoms with Gasteiger partial charge in [0.25, 0.3) is 0 Å². The number of benzene rings is 10. The molecule has 1 aliphatic rings. The molecule has 0 saturated carbocycles. The molecule has 2 aromatic heterocycles. The molecule has 0 N–H and O–H groups in total. The molecule has 0 fully saturated rings. The summed E-state index contributed by atoms with van der Waals surface area (Å²) in [4.78, 5) is 2.44. The van der Waals surface area contributed by atoms with Crippen LogP contribution < -0.4 is 4.90 Å². The van der Waals surface area contributed by atoms with Gasteiger partial charge in [0.2, 0.25) is 0 Å². The van der Waals surface area contributed by atoms with Crippen LogP contribution in [0.3, 0.4) is 0 Å². The van der Waals surface area contributed by atoms with E-state index in [-0.39, 0.29) is 5.41 Å². The van der Waals surface area contributed by atoms with Crippen molar-refractivity contribution in [1.82, 2.24) is 4.57 Å². The number of hydrogen-bond donors (Lipinski definition) is 0. The molecule has 3 heteroatoms. The van der Waals surface area contributed by atoms with Crippen LogP contribution in [0.2, 0.25) is 0 Å². The second-order valence-electron chi connectivity index (χ2n) is 18.0. The Labute approximate surface area is 384 Å². The smallest absolute Gasteiger partial charge is 0.143 e. The molecule has 312 valence electrons. The van der Waals surface area contributed by atoms with Gasteiger partial charge in [0, 0.05) is 60.6 Å². The van der Waals surface area contributed by atoms with Gasteiger partial charge in [-0.3, -0.25) is 0 Å². The molecule has 66 heavy (non-hydrogen) atoms. The molecule has 0 spiro atoms. The predicted octanol–water partition coefficient (Wildman–Crippen LogP) is 17.5. The van der Waals surface area contributed by atoms with Crippen LogP contribution in [0.4, 0.5) is 17.1 Å². The quantitative estimate of drug-likeness (QED) is 0.159. The fourth-order valence-electron chi connectivity index (χ4n) is 10.9. The maximum Gasteiger partial charge on any atom is 0.143 e. The van der Waals surface area contributed by atoms with E-state index in [2.05, 4.69) is 254 Å². The molecular formula is C63H44N2O. The van der Waals surface area contributed by atoms with Gasteiger partial charge >= 0.3 is 0 Å². The third-order valence-electron chi connectivity index (χ3n) is 14.0. The van der Waals surface area contributed by atoms with Crippen LogP contribution in [0.5, 0.6) is 0 Å². The van der Waals surface area contributed by atoms with E-state index in [9.17, 15) is 0 Å². The van der Waals surface area contributed by atoms with Crippen LogP contribution in [0.25, 0.3) is 93.9 Å². The van der Waals surface area contributed by atoms with E-state index >= 15 is 0 Å². The molecule has 10 aromatic carbocycles. The van der Waals surface area contributed by atoms with Crippen molar-refractivity contribution in [2.75, 3.05) is 4.90 Å². The standard InChI is InChI=1S/C63H44N2O/c1-63(2)54-27-10-6-22-53(54)60-55(63)28-16-32-59(60)64(44-37-33-42(34-38-44)46-19-7-11-29-56(46)65-57-30-12-8-20-49(57)50-21-9-13-31-58(50)65)45-39-35-43(36-40-45)48-24-15-26-52-51-25-14-23-47(61(51)66-62(48)52)41-17-4-3-5-18-41/h3-40H,1-2H3. The Bertz CT molecular complexity index is 3780. The second-order valence-corrected chi connectivity index (χ2v) is 18.0. The van der Waals surface area contributed by atoms with Crippen molar-refractivity contribution in [3.63, 3.8) is 0 Å². The van der Waals surface area contributed by atoms with Gasteiger partial charge in [-0.05, 0) is 81.9 Å². The summed E-state index contributed by atoms with van der Waals surface area (Å²) in [6.45, 7) is 4.71. The Hall–Kier alpha value is -8.40. The number of anilines is 3. The van der Waals surface area contributed by atoms with Crippen molar-refractivity contribution in [2.24, 2.45) is 0 Å². The van der Waals surface area contributed by atoms with Gasteiger partial charge < -0.3 is 13.9 Å². The number of furan rings is 1. The summed E-state index contributed by atoms with van der Waals surface area (Å²) in [6.07, 6.45) is 0. The highest BCUT2D eigenvalue weighted by Crippen LogP contribution is 2.54. The van der Waals surface area contributed by atoms with Crippen LogP contribution in [-0.2, 0) is 5.41 Å². The van der Waals surface area contributed by atoms with Gasteiger partial charge in [0.1, 0.15) is 11.2 Å². The zero-order valence-corrected chi connectivity index (χ0v) is 36.7.